The van der Waals surface area contributed by atoms with E-state index in [1.807, 2.05) is 19.0 Å². The molecule has 0 bridgehead atoms. The maximum atomic E-state index is 11.5. The lowest BCUT2D eigenvalue weighted by Gasteiger charge is -2.09. The lowest BCUT2D eigenvalue weighted by atomic mass is 10.2. The van der Waals surface area contributed by atoms with Crippen molar-refractivity contribution in [2.75, 3.05) is 27.2 Å². The average Bonchev–Trinajstić information content (AvgIpc) is 2.17. The summed E-state index contributed by atoms with van der Waals surface area (Å²) in [5.41, 5.74) is -0.212. The first kappa shape index (κ1) is 11.5. The molecule has 0 aliphatic rings. The van der Waals surface area contributed by atoms with Crippen molar-refractivity contribution in [1.82, 2.24) is 15.2 Å². The van der Waals surface area contributed by atoms with Crippen molar-refractivity contribution in [3.05, 3.63) is 34.2 Å². The van der Waals surface area contributed by atoms with E-state index in [4.69, 9.17) is 0 Å². The molecule has 1 rings (SSSR count). The van der Waals surface area contributed by atoms with Gasteiger partial charge in [0.1, 0.15) is 5.56 Å². The molecule has 82 valence electrons. The SMILES string of the molecule is CN(C)CCNC(=O)c1ccc[nH]c1=O. The van der Waals surface area contributed by atoms with E-state index in [-0.39, 0.29) is 17.0 Å². The Morgan fingerprint density at radius 2 is 2.27 bits per heavy atom. The molecule has 1 aromatic rings. The third-order valence-corrected chi connectivity index (χ3v) is 1.91. The number of rotatable bonds is 4. The maximum Gasteiger partial charge on any atom is 0.260 e. The van der Waals surface area contributed by atoms with Crippen LogP contribution in [0.25, 0.3) is 0 Å². The molecule has 5 nitrogen and oxygen atoms in total. The minimum Gasteiger partial charge on any atom is -0.351 e. The van der Waals surface area contributed by atoms with Crippen LogP contribution in [-0.4, -0.2) is 43.0 Å². The van der Waals surface area contributed by atoms with Gasteiger partial charge in [0.25, 0.3) is 11.5 Å². The molecule has 0 saturated carbocycles. The van der Waals surface area contributed by atoms with Crippen molar-refractivity contribution in [1.29, 1.82) is 0 Å². The van der Waals surface area contributed by atoms with Crippen molar-refractivity contribution < 1.29 is 4.79 Å². The molecule has 0 saturated heterocycles. The van der Waals surface area contributed by atoms with E-state index in [9.17, 15) is 9.59 Å². The van der Waals surface area contributed by atoms with Gasteiger partial charge in [-0.15, -0.1) is 0 Å². The maximum absolute atomic E-state index is 11.5. The van der Waals surface area contributed by atoms with Crippen LogP contribution in [0.2, 0.25) is 0 Å². The normalized spacial score (nSPS) is 10.3. The highest BCUT2D eigenvalue weighted by Crippen LogP contribution is 1.88. The number of aromatic nitrogens is 1. The van der Waals surface area contributed by atoms with Crippen LogP contribution in [0.5, 0.6) is 0 Å². The van der Waals surface area contributed by atoms with Crippen LogP contribution in [0.15, 0.2) is 23.1 Å². The summed E-state index contributed by atoms with van der Waals surface area (Å²) in [6.45, 7) is 1.27. The Kier molecular flexibility index (Phi) is 4.05. The standard InChI is InChI=1S/C10H15N3O2/c1-13(2)7-6-12-10(15)8-4-3-5-11-9(8)14/h3-5H,6-7H2,1-2H3,(H,11,14)(H,12,15). The quantitative estimate of drug-likeness (QED) is 0.713. The fourth-order valence-electron chi connectivity index (χ4n) is 1.09. The topological polar surface area (TPSA) is 65.2 Å². The van der Waals surface area contributed by atoms with E-state index in [1.165, 1.54) is 12.3 Å². The summed E-state index contributed by atoms with van der Waals surface area (Å²) in [4.78, 5) is 27.1. The largest absolute Gasteiger partial charge is 0.351 e. The van der Waals surface area contributed by atoms with Crippen LogP contribution in [0.1, 0.15) is 10.4 Å². The Labute approximate surface area is 88.1 Å². The van der Waals surface area contributed by atoms with Gasteiger partial charge in [-0.1, -0.05) is 0 Å². The van der Waals surface area contributed by atoms with Crippen LogP contribution in [0, 0.1) is 0 Å². The average molecular weight is 209 g/mol. The van der Waals surface area contributed by atoms with Gasteiger partial charge >= 0.3 is 0 Å². The number of carbonyl (C=O) groups is 1. The minimum atomic E-state index is -0.361. The molecule has 1 heterocycles. The van der Waals surface area contributed by atoms with Crippen LogP contribution in [0.3, 0.4) is 0 Å². The number of pyridine rings is 1. The summed E-state index contributed by atoms with van der Waals surface area (Å²) in [5.74, 6) is -0.335. The van der Waals surface area contributed by atoms with Gasteiger partial charge in [0.05, 0.1) is 0 Å². The Morgan fingerprint density at radius 3 is 2.87 bits per heavy atom. The number of hydrogen-bond acceptors (Lipinski definition) is 3. The van der Waals surface area contributed by atoms with Crippen LogP contribution in [0.4, 0.5) is 0 Å². The number of nitrogens with zero attached hydrogens (tertiary/aromatic N) is 1. The molecule has 15 heavy (non-hydrogen) atoms. The Hall–Kier alpha value is -1.62. The van der Waals surface area contributed by atoms with Gasteiger partial charge in [0.15, 0.2) is 0 Å². The van der Waals surface area contributed by atoms with E-state index < -0.39 is 0 Å². The van der Waals surface area contributed by atoms with Gasteiger partial charge in [0.2, 0.25) is 0 Å². The highest BCUT2D eigenvalue weighted by atomic mass is 16.2. The molecule has 0 aliphatic heterocycles. The van der Waals surface area contributed by atoms with Crippen molar-refractivity contribution in [3.8, 4) is 0 Å². The summed E-state index contributed by atoms with van der Waals surface area (Å²) in [6, 6.07) is 3.13. The van der Waals surface area contributed by atoms with Crippen LogP contribution < -0.4 is 10.9 Å². The van der Waals surface area contributed by atoms with Gasteiger partial charge in [-0.25, -0.2) is 0 Å². The first-order chi connectivity index (χ1) is 7.11. The van der Waals surface area contributed by atoms with Crippen molar-refractivity contribution in [3.63, 3.8) is 0 Å². The molecule has 0 radical (unpaired) electrons. The number of nitrogens with one attached hydrogen (secondary N) is 2. The fourth-order valence-corrected chi connectivity index (χ4v) is 1.09. The molecule has 2 N–H and O–H groups in total. The smallest absolute Gasteiger partial charge is 0.260 e. The molecule has 0 atom stereocenters. The van der Waals surface area contributed by atoms with Crippen molar-refractivity contribution in [2.45, 2.75) is 0 Å². The highest BCUT2D eigenvalue weighted by Gasteiger charge is 2.08. The molecule has 0 spiro atoms. The molecule has 0 fully saturated rings. The zero-order valence-electron chi connectivity index (χ0n) is 8.91. The van der Waals surface area contributed by atoms with Crippen LogP contribution in [-0.2, 0) is 0 Å². The third kappa shape index (κ3) is 3.55. The third-order valence-electron chi connectivity index (χ3n) is 1.91. The lowest BCUT2D eigenvalue weighted by molar-refractivity contribution is 0.0949. The zero-order valence-corrected chi connectivity index (χ0v) is 8.91. The second-order valence-electron chi connectivity index (χ2n) is 3.47. The molecule has 0 aliphatic carbocycles. The number of aromatic amines is 1. The lowest BCUT2D eigenvalue weighted by Crippen LogP contribution is -2.34. The number of hydrogen-bond donors (Lipinski definition) is 2. The van der Waals surface area contributed by atoms with Crippen molar-refractivity contribution >= 4 is 5.91 Å². The first-order valence-corrected chi connectivity index (χ1v) is 4.72. The van der Waals surface area contributed by atoms with Gasteiger partial charge in [-0.05, 0) is 26.2 Å². The van der Waals surface area contributed by atoms with E-state index >= 15 is 0 Å². The second kappa shape index (κ2) is 5.31. The van der Waals surface area contributed by atoms with Gasteiger partial charge in [-0.2, -0.15) is 0 Å². The molecular weight excluding hydrogens is 194 g/mol. The van der Waals surface area contributed by atoms with E-state index in [2.05, 4.69) is 10.3 Å². The summed E-state index contributed by atoms with van der Waals surface area (Å²) in [7, 11) is 3.84. The minimum absolute atomic E-state index is 0.149. The molecule has 5 heteroatoms. The number of amides is 1. The van der Waals surface area contributed by atoms with Gasteiger partial charge in [-0.3, -0.25) is 9.59 Å². The number of carbonyl (C=O) groups excluding carboxylic acids is 1. The summed E-state index contributed by atoms with van der Waals surface area (Å²) in [6.07, 6.45) is 1.50. The second-order valence-corrected chi connectivity index (χ2v) is 3.47. The Balaban J connectivity index is 2.55. The van der Waals surface area contributed by atoms with Gasteiger partial charge < -0.3 is 15.2 Å². The van der Waals surface area contributed by atoms with Crippen molar-refractivity contribution in [2.24, 2.45) is 0 Å². The number of likely N-dealkylation sites (N-methyl/N-ethyl adjacent to an activating group) is 1. The molecule has 1 aromatic heterocycles. The Morgan fingerprint density at radius 1 is 1.53 bits per heavy atom. The summed E-state index contributed by atoms with van der Waals surface area (Å²) < 4.78 is 0. The monoisotopic (exact) mass is 209 g/mol. The highest BCUT2D eigenvalue weighted by molar-refractivity contribution is 5.93. The van der Waals surface area contributed by atoms with Gasteiger partial charge in [0, 0.05) is 19.3 Å². The molecule has 1 amide bonds. The Bertz CT molecular complexity index is 384. The fraction of sp³-hybridized carbons (Fsp3) is 0.400. The van der Waals surface area contributed by atoms with E-state index in [1.54, 1.807) is 6.07 Å². The summed E-state index contributed by atoms with van der Waals surface area (Å²) >= 11 is 0. The number of H-pyrrole nitrogens is 1. The molecule has 0 unspecified atom stereocenters. The van der Waals surface area contributed by atoms with E-state index in [0.717, 1.165) is 6.54 Å². The predicted octanol–water partition coefficient (Wildman–Crippen LogP) is -0.334. The zero-order chi connectivity index (χ0) is 11.3. The summed E-state index contributed by atoms with van der Waals surface area (Å²) in [5, 5.41) is 2.67. The molecule has 0 aromatic carbocycles. The predicted molar refractivity (Wildman–Crippen MR) is 57.9 cm³/mol. The first-order valence-electron chi connectivity index (χ1n) is 4.72. The van der Waals surface area contributed by atoms with Crippen LogP contribution >= 0.6 is 0 Å². The molecular formula is C10H15N3O2. The van der Waals surface area contributed by atoms with E-state index in [0.29, 0.717) is 6.54 Å².